The largest absolute Gasteiger partial charge is 0.466 e. The molecule has 1 aromatic carbocycles. The van der Waals surface area contributed by atoms with Crippen LogP contribution in [-0.4, -0.2) is 25.0 Å². The van der Waals surface area contributed by atoms with Gasteiger partial charge in [0.1, 0.15) is 0 Å². The zero-order valence-corrected chi connectivity index (χ0v) is 10.4. The minimum atomic E-state index is -0.240. The van der Waals surface area contributed by atoms with Crippen LogP contribution in [0.25, 0.3) is 0 Å². The van der Waals surface area contributed by atoms with E-state index in [0.29, 0.717) is 13.2 Å². The van der Waals surface area contributed by atoms with Gasteiger partial charge in [0.15, 0.2) is 0 Å². The highest BCUT2D eigenvalue weighted by Gasteiger charge is 2.37. The normalized spacial score (nSPS) is 22.6. The fourth-order valence-corrected chi connectivity index (χ4v) is 2.38. The molecule has 2 rings (SSSR count). The molecule has 18 heavy (non-hydrogen) atoms. The van der Waals surface area contributed by atoms with Crippen LogP contribution in [-0.2, 0) is 14.3 Å². The first kappa shape index (κ1) is 12.6. The number of amides is 1. The third-order valence-electron chi connectivity index (χ3n) is 3.19. The van der Waals surface area contributed by atoms with E-state index in [-0.39, 0.29) is 30.1 Å². The highest BCUT2D eigenvalue weighted by atomic mass is 16.5. The molecule has 1 aliphatic heterocycles. The lowest BCUT2D eigenvalue weighted by Gasteiger charge is -2.16. The Morgan fingerprint density at radius 1 is 1.39 bits per heavy atom. The van der Waals surface area contributed by atoms with Crippen molar-refractivity contribution in [1.29, 1.82) is 0 Å². The second-order valence-electron chi connectivity index (χ2n) is 4.40. The molecule has 2 atom stereocenters. The van der Waals surface area contributed by atoms with Crippen molar-refractivity contribution in [2.45, 2.75) is 19.3 Å². The van der Waals surface area contributed by atoms with Gasteiger partial charge in [0.2, 0.25) is 5.91 Å². The number of hydrogen-bond donors (Lipinski definition) is 1. The highest BCUT2D eigenvalue weighted by Crippen LogP contribution is 2.31. The van der Waals surface area contributed by atoms with Crippen LogP contribution in [0.1, 0.15) is 24.8 Å². The van der Waals surface area contributed by atoms with Crippen molar-refractivity contribution in [2.24, 2.45) is 5.92 Å². The third kappa shape index (κ3) is 2.70. The first-order valence-corrected chi connectivity index (χ1v) is 6.20. The van der Waals surface area contributed by atoms with E-state index in [1.165, 1.54) is 0 Å². The summed E-state index contributed by atoms with van der Waals surface area (Å²) >= 11 is 0. The Balaban J connectivity index is 2.11. The number of carbonyl (C=O) groups is 2. The molecule has 1 aliphatic rings. The summed E-state index contributed by atoms with van der Waals surface area (Å²) in [5, 5.41) is 2.82. The highest BCUT2D eigenvalue weighted by molar-refractivity contribution is 5.87. The number of carbonyl (C=O) groups excluding carboxylic acids is 2. The summed E-state index contributed by atoms with van der Waals surface area (Å²) in [4.78, 5) is 23.4. The first-order chi connectivity index (χ1) is 8.72. The smallest absolute Gasteiger partial charge is 0.306 e. The lowest BCUT2D eigenvalue weighted by Crippen LogP contribution is -2.19. The molecule has 1 heterocycles. The van der Waals surface area contributed by atoms with Crippen LogP contribution in [0.2, 0.25) is 0 Å². The van der Waals surface area contributed by atoms with Crippen molar-refractivity contribution in [3.8, 4) is 0 Å². The van der Waals surface area contributed by atoms with Crippen molar-refractivity contribution >= 4 is 11.9 Å². The Hall–Kier alpha value is -1.84. The van der Waals surface area contributed by atoms with Gasteiger partial charge in [0.25, 0.3) is 0 Å². The molecule has 1 N–H and O–H groups in total. The van der Waals surface area contributed by atoms with E-state index in [1.54, 1.807) is 6.92 Å². The van der Waals surface area contributed by atoms with Gasteiger partial charge < -0.3 is 10.1 Å². The van der Waals surface area contributed by atoms with E-state index in [0.717, 1.165) is 5.56 Å². The van der Waals surface area contributed by atoms with Gasteiger partial charge >= 0.3 is 5.97 Å². The van der Waals surface area contributed by atoms with Crippen LogP contribution in [0.4, 0.5) is 0 Å². The van der Waals surface area contributed by atoms with Gasteiger partial charge in [-0.1, -0.05) is 30.3 Å². The van der Waals surface area contributed by atoms with E-state index in [9.17, 15) is 9.59 Å². The minimum absolute atomic E-state index is 0.00417. The summed E-state index contributed by atoms with van der Waals surface area (Å²) in [6.07, 6.45) is 0.284. The SMILES string of the molecule is CCOC(=O)C[C@H]1CNC(=O)[C@@H]1c1ccccc1. The van der Waals surface area contributed by atoms with Gasteiger partial charge in [0.05, 0.1) is 18.9 Å². The average molecular weight is 247 g/mol. The van der Waals surface area contributed by atoms with Gasteiger partial charge in [0, 0.05) is 12.5 Å². The summed E-state index contributed by atoms with van der Waals surface area (Å²) in [6.45, 7) is 2.70. The second kappa shape index (κ2) is 5.67. The predicted octanol–water partition coefficient (Wildman–Crippen LogP) is 1.47. The molecule has 0 aromatic heterocycles. The van der Waals surface area contributed by atoms with Crippen LogP contribution < -0.4 is 5.32 Å². The average Bonchev–Trinajstić information content (AvgIpc) is 2.72. The quantitative estimate of drug-likeness (QED) is 0.820. The van der Waals surface area contributed by atoms with Crippen molar-refractivity contribution in [1.82, 2.24) is 5.32 Å². The minimum Gasteiger partial charge on any atom is -0.466 e. The van der Waals surface area contributed by atoms with E-state index in [2.05, 4.69) is 5.32 Å². The first-order valence-electron chi connectivity index (χ1n) is 6.20. The number of benzene rings is 1. The number of hydrogen-bond acceptors (Lipinski definition) is 3. The van der Waals surface area contributed by atoms with E-state index >= 15 is 0 Å². The van der Waals surface area contributed by atoms with Crippen LogP contribution >= 0.6 is 0 Å². The lowest BCUT2D eigenvalue weighted by molar-refractivity contribution is -0.144. The van der Waals surface area contributed by atoms with E-state index in [4.69, 9.17) is 4.74 Å². The lowest BCUT2D eigenvalue weighted by atomic mass is 9.86. The summed E-state index contributed by atoms with van der Waals surface area (Å²) in [5.74, 6) is -0.495. The molecule has 0 radical (unpaired) electrons. The molecule has 0 aliphatic carbocycles. The van der Waals surface area contributed by atoms with E-state index < -0.39 is 0 Å². The Labute approximate surface area is 106 Å². The standard InChI is InChI=1S/C14H17NO3/c1-2-18-12(16)8-11-9-15-14(17)13(11)10-6-4-3-5-7-10/h3-7,11,13H,2,8-9H2,1H3,(H,15,17)/t11-,13+/m0/s1. The molecule has 1 fully saturated rings. The molecule has 1 aromatic rings. The number of ether oxygens (including phenoxy) is 1. The van der Waals surface area contributed by atoms with Crippen molar-refractivity contribution in [2.75, 3.05) is 13.2 Å². The van der Waals surface area contributed by atoms with Crippen LogP contribution in [0.15, 0.2) is 30.3 Å². The monoisotopic (exact) mass is 247 g/mol. The fraction of sp³-hybridized carbons (Fsp3) is 0.429. The zero-order valence-electron chi connectivity index (χ0n) is 10.4. The molecule has 0 unspecified atom stereocenters. The maximum absolute atomic E-state index is 11.9. The Bertz CT molecular complexity index is 430. The Kier molecular flexibility index (Phi) is 3.97. The molecule has 0 saturated carbocycles. The van der Waals surface area contributed by atoms with E-state index in [1.807, 2.05) is 30.3 Å². The molecule has 1 saturated heterocycles. The Morgan fingerprint density at radius 2 is 2.11 bits per heavy atom. The van der Waals surface area contributed by atoms with Gasteiger partial charge in [-0.05, 0) is 12.5 Å². The molecule has 0 spiro atoms. The summed E-state index contributed by atoms with van der Waals surface area (Å²) in [6, 6.07) is 9.57. The summed E-state index contributed by atoms with van der Waals surface area (Å²) < 4.78 is 4.95. The van der Waals surface area contributed by atoms with Gasteiger partial charge in [-0.15, -0.1) is 0 Å². The molecular formula is C14H17NO3. The zero-order chi connectivity index (χ0) is 13.0. The van der Waals surface area contributed by atoms with Crippen LogP contribution in [0.3, 0.4) is 0 Å². The fourth-order valence-electron chi connectivity index (χ4n) is 2.38. The molecule has 4 heteroatoms. The topological polar surface area (TPSA) is 55.4 Å². The number of rotatable bonds is 4. The van der Waals surface area contributed by atoms with Crippen molar-refractivity contribution in [3.63, 3.8) is 0 Å². The second-order valence-corrected chi connectivity index (χ2v) is 4.40. The molecule has 1 amide bonds. The predicted molar refractivity (Wildman–Crippen MR) is 66.9 cm³/mol. The molecule has 4 nitrogen and oxygen atoms in total. The summed E-state index contributed by atoms with van der Waals surface area (Å²) in [7, 11) is 0. The van der Waals surface area contributed by atoms with Gasteiger partial charge in [-0.25, -0.2) is 0 Å². The summed E-state index contributed by atoms with van der Waals surface area (Å²) in [5.41, 5.74) is 0.960. The number of nitrogens with one attached hydrogen (secondary N) is 1. The molecule has 0 bridgehead atoms. The van der Waals surface area contributed by atoms with Crippen molar-refractivity contribution in [3.05, 3.63) is 35.9 Å². The maximum Gasteiger partial charge on any atom is 0.306 e. The van der Waals surface area contributed by atoms with Crippen LogP contribution in [0, 0.1) is 5.92 Å². The number of esters is 1. The van der Waals surface area contributed by atoms with Gasteiger partial charge in [-0.2, -0.15) is 0 Å². The van der Waals surface area contributed by atoms with Gasteiger partial charge in [-0.3, -0.25) is 9.59 Å². The maximum atomic E-state index is 11.9. The third-order valence-corrected chi connectivity index (χ3v) is 3.19. The van der Waals surface area contributed by atoms with Crippen LogP contribution in [0.5, 0.6) is 0 Å². The Morgan fingerprint density at radius 3 is 2.78 bits per heavy atom. The van der Waals surface area contributed by atoms with Crippen molar-refractivity contribution < 1.29 is 14.3 Å². The molecular weight excluding hydrogens is 230 g/mol. The molecule has 96 valence electrons.